The topological polar surface area (TPSA) is 83.8 Å². The largest absolute Gasteiger partial charge is 0.494 e. The van der Waals surface area contributed by atoms with Gasteiger partial charge in [-0.25, -0.2) is 0 Å². The van der Waals surface area contributed by atoms with Gasteiger partial charge in [0.25, 0.3) is 0 Å². The number of aliphatic hydroxyl groups is 1. The number of ether oxygens (including phenoxy) is 1. The molecular weight excluding hydrogens is 272 g/mol. The predicted molar refractivity (Wildman–Crippen MR) is 76.4 cm³/mol. The lowest BCUT2D eigenvalue weighted by Crippen LogP contribution is -2.27. The quantitative estimate of drug-likeness (QED) is 0.754. The van der Waals surface area contributed by atoms with Crippen molar-refractivity contribution in [1.29, 1.82) is 0 Å². The van der Waals surface area contributed by atoms with Crippen LogP contribution in [-0.4, -0.2) is 34.7 Å². The molecule has 0 bridgehead atoms. The molecule has 0 amide bonds. The maximum absolute atomic E-state index is 11.5. The van der Waals surface area contributed by atoms with E-state index in [1.165, 1.54) is 0 Å². The van der Waals surface area contributed by atoms with Crippen molar-refractivity contribution in [3.63, 3.8) is 0 Å². The Morgan fingerprint density at radius 2 is 2.19 bits per heavy atom. The first-order valence-electron chi connectivity index (χ1n) is 6.78. The van der Waals surface area contributed by atoms with Gasteiger partial charge in [-0.1, -0.05) is 24.8 Å². The number of aliphatic carboxylic acids is 1. The van der Waals surface area contributed by atoms with Crippen LogP contribution >= 0.6 is 0 Å². The van der Waals surface area contributed by atoms with E-state index in [1.807, 2.05) is 6.08 Å². The number of rotatable bonds is 5. The van der Waals surface area contributed by atoms with Gasteiger partial charge in [0.05, 0.1) is 11.9 Å². The van der Waals surface area contributed by atoms with Gasteiger partial charge in [0, 0.05) is 19.3 Å². The number of Topliss-reactive ketones (excluding diaryl/α,β-unsaturated/α-hetero) is 1. The highest BCUT2D eigenvalue weighted by molar-refractivity contribution is 5.99. The first-order valence-corrected chi connectivity index (χ1v) is 6.78. The molecule has 2 atom stereocenters. The summed E-state index contributed by atoms with van der Waals surface area (Å²) in [4.78, 5) is 22.4. The number of carboxylic acid groups (broad SMARTS) is 1. The molecule has 0 saturated carbocycles. The summed E-state index contributed by atoms with van der Waals surface area (Å²) in [7, 11) is 0. The van der Waals surface area contributed by atoms with E-state index in [0.29, 0.717) is 12.2 Å². The van der Waals surface area contributed by atoms with Crippen molar-refractivity contribution in [3.05, 3.63) is 47.8 Å². The molecule has 2 rings (SSSR count). The first kappa shape index (κ1) is 15.3. The normalized spacial score (nSPS) is 25.6. The molecule has 21 heavy (non-hydrogen) atoms. The monoisotopic (exact) mass is 290 g/mol. The van der Waals surface area contributed by atoms with Gasteiger partial charge in [0.2, 0.25) is 0 Å². The molecule has 2 N–H and O–H groups in total. The second kappa shape index (κ2) is 6.54. The SMILES string of the molecule is C=CC1=CC=C(COC2=CCC(=O)C(C(=O)O)C2)CC1O. The Hall–Kier alpha value is -2.14. The fraction of sp³-hybridized carbons (Fsp3) is 0.375. The smallest absolute Gasteiger partial charge is 0.314 e. The lowest BCUT2D eigenvalue weighted by Gasteiger charge is -2.22. The van der Waals surface area contributed by atoms with Crippen LogP contribution in [0.2, 0.25) is 0 Å². The minimum Gasteiger partial charge on any atom is -0.494 e. The molecule has 2 aliphatic carbocycles. The van der Waals surface area contributed by atoms with Crippen LogP contribution in [0, 0.1) is 5.92 Å². The maximum atomic E-state index is 11.5. The summed E-state index contributed by atoms with van der Waals surface area (Å²) in [6, 6.07) is 0. The zero-order chi connectivity index (χ0) is 15.4. The zero-order valence-corrected chi connectivity index (χ0v) is 11.6. The molecule has 0 aliphatic heterocycles. The molecule has 0 saturated heterocycles. The van der Waals surface area contributed by atoms with Crippen molar-refractivity contribution in [1.82, 2.24) is 0 Å². The van der Waals surface area contributed by atoms with Crippen molar-refractivity contribution in [2.24, 2.45) is 5.92 Å². The molecule has 0 fully saturated rings. The minimum absolute atomic E-state index is 0.0918. The van der Waals surface area contributed by atoms with Gasteiger partial charge in [0.1, 0.15) is 12.5 Å². The van der Waals surface area contributed by atoms with E-state index in [-0.39, 0.29) is 25.2 Å². The zero-order valence-electron chi connectivity index (χ0n) is 11.6. The number of carbonyl (C=O) groups excluding carboxylic acids is 1. The Labute approximate surface area is 122 Å². The van der Waals surface area contributed by atoms with E-state index in [1.54, 1.807) is 18.2 Å². The lowest BCUT2D eigenvalue weighted by atomic mass is 9.91. The number of aliphatic hydroxyl groups excluding tert-OH is 1. The van der Waals surface area contributed by atoms with Gasteiger partial charge in [-0.15, -0.1) is 0 Å². The molecule has 0 aromatic carbocycles. The third-order valence-electron chi connectivity index (χ3n) is 3.65. The third-order valence-corrected chi connectivity index (χ3v) is 3.65. The van der Waals surface area contributed by atoms with E-state index in [9.17, 15) is 14.7 Å². The van der Waals surface area contributed by atoms with Crippen LogP contribution in [0.15, 0.2) is 47.8 Å². The highest BCUT2D eigenvalue weighted by Gasteiger charge is 2.30. The Kier molecular flexibility index (Phi) is 4.75. The van der Waals surface area contributed by atoms with Crippen LogP contribution in [0.25, 0.3) is 0 Å². The highest BCUT2D eigenvalue weighted by atomic mass is 16.5. The van der Waals surface area contributed by atoms with Crippen LogP contribution in [0.4, 0.5) is 0 Å². The Morgan fingerprint density at radius 1 is 1.43 bits per heavy atom. The first-order chi connectivity index (χ1) is 10.0. The minimum atomic E-state index is -1.11. The average molecular weight is 290 g/mol. The van der Waals surface area contributed by atoms with Crippen molar-refractivity contribution in [3.8, 4) is 0 Å². The molecule has 0 radical (unpaired) electrons. The summed E-state index contributed by atoms with van der Waals surface area (Å²) in [6.07, 6.45) is 6.97. The second-order valence-corrected chi connectivity index (χ2v) is 5.14. The predicted octanol–water partition coefficient (Wildman–Crippen LogP) is 1.75. The van der Waals surface area contributed by atoms with Crippen molar-refractivity contribution >= 4 is 11.8 Å². The average Bonchev–Trinajstić information content (AvgIpc) is 2.46. The molecule has 2 aliphatic rings. The standard InChI is InChI=1S/C16H18O5/c1-2-11-4-3-10(7-15(11)18)9-21-12-5-6-14(17)13(8-12)16(19)20/h2-5,13,15,18H,1,6-9H2,(H,19,20). The van der Waals surface area contributed by atoms with E-state index < -0.39 is 18.0 Å². The number of carboxylic acids is 1. The van der Waals surface area contributed by atoms with E-state index in [0.717, 1.165) is 11.1 Å². The number of ketones is 1. The molecule has 5 heteroatoms. The number of carbonyl (C=O) groups is 2. The molecular formula is C16H18O5. The van der Waals surface area contributed by atoms with Gasteiger partial charge in [0.15, 0.2) is 5.78 Å². The third kappa shape index (κ3) is 3.70. The molecule has 0 aromatic heterocycles. The molecule has 0 spiro atoms. The number of allylic oxidation sites excluding steroid dienone is 4. The van der Waals surface area contributed by atoms with Crippen molar-refractivity contribution in [2.45, 2.75) is 25.4 Å². The molecule has 0 heterocycles. The fourth-order valence-electron chi connectivity index (χ4n) is 2.35. The molecule has 0 aromatic rings. The van der Waals surface area contributed by atoms with E-state index in [2.05, 4.69) is 6.58 Å². The Balaban J connectivity index is 1.94. The molecule has 2 unspecified atom stereocenters. The Bertz CT molecular complexity index is 553. The molecule has 5 nitrogen and oxygen atoms in total. The summed E-state index contributed by atoms with van der Waals surface area (Å²) >= 11 is 0. The summed E-state index contributed by atoms with van der Waals surface area (Å²) in [5, 5.41) is 18.8. The van der Waals surface area contributed by atoms with E-state index in [4.69, 9.17) is 9.84 Å². The van der Waals surface area contributed by atoms with Gasteiger partial charge >= 0.3 is 5.97 Å². The summed E-state index contributed by atoms with van der Waals surface area (Å²) in [5.74, 6) is -1.89. The number of hydrogen-bond acceptors (Lipinski definition) is 4. The van der Waals surface area contributed by atoms with Gasteiger partial charge < -0.3 is 14.9 Å². The van der Waals surface area contributed by atoms with Gasteiger partial charge in [-0.2, -0.15) is 0 Å². The van der Waals surface area contributed by atoms with Crippen molar-refractivity contribution < 1.29 is 24.5 Å². The lowest BCUT2D eigenvalue weighted by molar-refractivity contribution is -0.146. The van der Waals surface area contributed by atoms with Crippen LogP contribution in [0.1, 0.15) is 19.3 Å². The fourth-order valence-corrected chi connectivity index (χ4v) is 2.35. The number of hydrogen-bond donors (Lipinski definition) is 2. The maximum Gasteiger partial charge on any atom is 0.314 e. The molecule has 112 valence electrons. The van der Waals surface area contributed by atoms with Crippen LogP contribution < -0.4 is 0 Å². The Morgan fingerprint density at radius 3 is 2.81 bits per heavy atom. The van der Waals surface area contributed by atoms with Crippen LogP contribution in [-0.2, 0) is 14.3 Å². The van der Waals surface area contributed by atoms with E-state index >= 15 is 0 Å². The van der Waals surface area contributed by atoms with Gasteiger partial charge in [-0.05, 0) is 17.2 Å². The summed E-state index contributed by atoms with van der Waals surface area (Å²) in [5.41, 5.74) is 1.69. The van der Waals surface area contributed by atoms with Gasteiger partial charge in [-0.3, -0.25) is 9.59 Å². The highest BCUT2D eigenvalue weighted by Crippen LogP contribution is 2.25. The van der Waals surface area contributed by atoms with Crippen LogP contribution in [0.5, 0.6) is 0 Å². The summed E-state index contributed by atoms with van der Waals surface area (Å²) < 4.78 is 5.58. The summed E-state index contributed by atoms with van der Waals surface area (Å²) in [6.45, 7) is 3.91. The van der Waals surface area contributed by atoms with Crippen LogP contribution in [0.3, 0.4) is 0 Å². The van der Waals surface area contributed by atoms with Crippen molar-refractivity contribution in [2.75, 3.05) is 6.61 Å². The second-order valence-electron chi connectivity index (χ2n) is 5.14.